The number of nitrogens with one attached hydrogen (secondary N) is 1. The number of anilines is 1. The number of hydrogen-bond donors (Lipinski definition) is 1. The van der Waals surface area contributed by atoms with Gasteiger partial charge in [-0.3, -0.25) is 4.98 Å². The predicted octanol–water partition coefficient (Wildman–Crippen LogP) is 3.99. The van der Waals surface area contributed by atoms with Crippen molar-refractivity contribution in [2.45, 2.75) is 38.9 Å². The first-order valence-electron chi connectivity index (χ1n) is 7.26. The second-order valence-corrected chi connectivity index (χ2v) is 7.47. The smallest absolute Gasteiger partial charge is 0.0931 e. The number of aryl methyl sites for hydroxylation is 1. The van der Waals surface area contributed by atoms with E-state index in [0.717, 1.165) is 23.1 Å². The Labute approximate surface area is 135 Å². The van der Waals surface area contributed by atoms with Gasteiger partial charge in [0.15, 0.2) is 0 Å². The Hall–Kier alpha value is -1.10. The quantitative estimate of drug-likeness (QED) is 0.872. The maximum absolute atomic E-state index is 6.02. The van der Waals surface area contributed by atoms with Crippen LogP contribution in [0.15, 0.2) is 24.4 Å². The third-order valence-corrected chi connectivity index (χ3v) is 4.91. The van der Waals surface area contributed by atoms with Crippen LogP contribution in [0.25, 0.3) is 0 Å². The van der Waals surface area contributed by atoms with Crippen LogP contribution >= 0.6 is 22.9 Å². The Bertz CT molecular complexity index is 622. The Morgan fingerprint density at radius 2 is 2.24 bits per heavy atom. The monoisotopic (exact) mass is 321 g/mol. The molecule has 0 radical (unpaired) electrons. The summed E-state index contributed by atoms with van der Waals surface area (Å²) in [5.41, 5.74) is 3.56. The van der Waals surface area contributed by atoms with Crippen molar-refractivity contribution in [1.29, 1.82) is 0 Å². The van der Waals surface area contributed by atoms with E-state index in [9.17, 15) is 0 Å². The normalized spacial score (nSPS) is 14.4. The van der Waals surface area contributed by atoms with Gasteiger partial charge in [0.25, 0.3) is 0 Å². The van der Waals surface area contributed by atoms with Crippen LogP contribution in [0.5, 0.6) is 0 Å². The molecule has 1 aliphatic rings. The van der Waals surface area contributed by atoms with Crippen LogP contribution in [-0.4, -0.2) is 18.1 Å². The maximum Gasteiger partial charge on any atom is 0.0931 e. The van der Waals surface area contributed by atoms with Gasteiger partial charge in [0.05, 0.1) is 10.9 Å². The first kappa shape index (κ1) is 14.8. The Morgan fingerprint density at radius 3 is 2.90 bits per heavy atom. The zero-order valence-corrected chi connectivity index (χ0v) is 14.0. The van der Waals surface area contributed by atoms with E-state index in [2.05, 4.69) is 34.4 Å². The molecule has 0 amide bonds. The molecule has 0 saturated heterocycles. The van der Waals surface area contributed by atoms with Gasteiger partial charge in [-0.25, -0.2) is 0 Å². The number of nitrogens with zero attached hydrogens (tertiary/aromatic N) is 2. The zero-order chi connectivity index (χ0) is 14.8. The molecule has 0 bridgehead atoms. The van der Waals surface area contributed by atoms with E-state index in [4.69, 9.17) is 11.6 Å². The molecule has 0 aliphatic heterocycles. The maximum atomic E-state index is 6.02. The molecule has 3 rings (SSSR count). The van der Waals surface area contributed by atoms with E-state index >= 15 is 0 Å². The van der Waals surface area contributed by atoms with Gasteiger partial charge in [-0.2, -0.15) is 0 Å². The SMILES string of the molecule is Cc1cc(N(C)Cc2ccc(Cl)s2)c(CNC2CC2)cn1. The molecule has 3 nitrogen and oxygen atoms in total. The fraction of sp³-hybridized carbons (Fsp3) is 0.438. The minimum atomic E-state index is 0.709. The average Bonchev–Trinajstić information content (AvgIpc) is 3.20. The molecular weight excluding hydrogens is 302 g/mol. The highest BCUT2D eigenvalue weighted by atomic mass is 35.5. The van der Waals surface area contributed by atoms with Crippen molar-refractivity contribution >= 4 is 28.6 Å². The Kier molecular flexibility index (Phi) is 4.48. The summed E-state index contributed by atoms with van der Waals surface area (Å²) in [5, 5.41) is 3.57. The van der Waals surface area contributed by atoms with Crippen molar-refractivity contribution in [3.05, 3.63) is 44.9 Å². The molecule has 0 atom stereocenters. The van der Waals surface area contributed by atoms with Crippen LogP contribution in [0, 0.1) is 6.92 Å². The van der Waals surface area contributed by atoms with E-state index in [-0.39, 0.29) is 0 Å². The largest absolute Gasteiger partial charge is 0.369 e. The number of pyridine rings is 1. The fourth-order valence-electron chi connectivity index (χ4n) is 2.36. The third kappa shape index (κ3) is 3.96. The molecular formula is C16H20ClN3S. The minimum absolute atomic E-state index is 0.709. The van der Waals surface area contributed by atoms with Gasteiger partial charge in [-0.15, -0.1) is 11.3 Å². The summed E-state index contributed by atoms with van der Waals surface area (Å²) in [5.74, 6) is 0. The molecule has 0 spiro atoms. The van der Waals surface area contributed by atoms with E-state index < -0.39 is 0 Å². The van der Waals surface area contributed by atoms with Crippen LogP contribution < -0.4 is 10.2 Å². The summed E-state index contributed by atoms with van der Waals surface area (Å²) in [6, 6.07) is 6.93. The van der Waals surface area contributed by atoms with Crippen LogP contribution in [0.4, 0.5) is 5.69 Å². The summed E-state index contributed by atoms with van der Waals surface area (Å²) in [7, 11) is 2.13. The number of hydrogen-bond acceptors (Lipinski definition) is 4. The summed E-state index contributed by atoms with van der Waals surface area (Å²) >= 11 is 7.66. The van der Waals surface area contributed by atoms with Crippen molar-refractivity contribution in [1.82, 2.24) is 10.3 Å². The molecule has 1 fully saturated rings. The van der Waals surface area contributed by atoms with E-state index in [0.29, 0.717) is 6.04 Å². The van der Waals surface area contributed by atoms with Crippen LogP contribution in [-0.2, 0) is 13.1 Å². The van der Waals surface area contributed by atoms with E-state index in [1.807, 2.05) is 19.2 Å². The number of rotatable bonds is 6. The highest BCUT2D eigenvalue weighted by Gasteiger charge is 2.21. The van der Waals surface area contributed by atoms with E-state index in [1.165, 1.54) is 29.0 Å². The first-order valence-corrected chi connectivity index (χ1v) is 8.45. The Balaban J connectivity index is 1.75. The highest BCUT2D eigenvalue weighted by Crippen LogP contribution is 2.27. The lowest BCUT2D eigenvalue weighted by molar-refractivity contribution is 0.683. The molecule has 5 heteroatoms. The van der Waals surface area contributed by atoms with Gasteiger partial charge < -0.3 is 10.2 Å². The van der Waals surface area contributed by atoms with Crippen molar-refractivity contribution < 1.29 is 0 Å². The van der Waals surface area contributed by atoms with E-state index in [1.54, 1.807) is 11.3 Å². The van der Waals surface area contributed by atoms with Gasteiger partial charge in [-0.05, 0) is 38.0 Å². The predicted molar refractivity (Wildman–Crippen MR) is 90.3 cm³/mol. The van der Waals surface area contributed by atoms with Gasteiger partial charge in [0.1, 0.15) is 0 Å². The molecule has 112 valence electrons. The lowest BCUT2D eigenvalue weighted by Crippen LogP contribution is -2.21. The molecule has 2 aromatic heterocycles. The first-order chi connectivity index (χ1) is 10.1. The zero-order valence-electron chi connectivity index (χ0n) is 12.4. The molecule has 2 aromatic rings. The molecule has 0 unspecified atom stereocenters. The van der Waals surface area contributed by atoms with Crippen molar-refractivity contribution in [2.24, 2.45) is 0 Å². The number of halogens is 1. The molecule has 1 N–H and O–H groups in total. The molecule has 2 heterocycles. The van der Waals surface area contributed by atoms with Crippen molar-refractivity contribution in [2.75, 3.05) is 11.9 Å². The summed E-state index contributed by atoms with van der Waals surface area (Å²) in [6.45, 7) is 3.80. The average molecular weight is 322 g/mol. The standard InChI is InChI=1S/C16H20ClN3S/c1-11-7-15(12(8-18-11)9-19-13-3-4-13)20(2)10-14-5-6-16(17)21-14/h5-8,13,19H,3-4,9-10H2,1-2H3. The number of thiophene rings is 1. The second kappa shape index (κ2) is 6.34. The van der Waals surface area contributed by atoms with Crippen LogP contribution in [0.2, 0.25) is 4.34 Å². The Morgan fingerprint density at radius 1 is 1.43 bits per heavy atom. The highest BCUT2D eigenvalue weighted by molar-refractivity contribution is 7.16. The van der Waals surface area contributed by atoms with Gasteiger partial charge in [-0.1, -0.05) is 11.6 Å². The molecule has 1 aliphatic carbocycles. The van der Waals surface area contributed by atoms with Crippen LogP contribution in [0.1, 0.15) is 29.0 Å². The lowest BCUT2D eigenvalue weighted by Gasteiger charge is -2.22. The van der Waals surface area contributed by atoms with Gasteiger partial charge in [0, 0.05) is 47.7 Å². The van der Waals surface area contributed by atoms with Crippen molar-refractivity contribution in [3.8, 4) is 0 Å². The molecule has 0 aromatic carbocycles. The summed E-state index contributed by atoms with van der Waals surface area (Å²) in [6.07, 6.45) is 4.61. The molecule has 1 saturated carbocycles. The summed E-state index contributed by atoms with van der Waals surface area (Å²) in [4.78, 5) is 8.00. The van der Waals surface area contributed by atoms with Crippen LogP contribution in [0.3, 0.4) is 0 Å². The van der Waals surface area contributed by atoms with Crippen molar-refractivity contribution in [3.63, 3.8) is 0 Å². The lowest BCUT2D eigenvalue weighted by atomic mass is 10.2. The fourth-order valence-corrected chi connectivity index (χ4v) is 3.50. The molecule has 21 heavy (non-hydrogen) atoms. The minimum Gasteiger partial charge on any atom is -0.369 e. The summed E-state index contributed by atoms with van der Waals surface area (Å²) < 4.78 is 0.847. The van der Waals surface area contributed by atoms with Gasteiger partial charge >= 0.3 is 0 Å². The second-order valence-electron chi connectivity index (χ2n) is 5.67. The number of aromatic nitrogens is 1. The topological polar surface area (TPSA) is 28.2 Å². The third-order valence-electron chi connectivity index (χ3n) is 3.69. The van der Waals surface area contributed by atoms with Gasteiger partial charge in [0.2, 0.25) is 0 Å².